The number of rotatable bonds is 7. The molecule has 1 aromatic heterocycles. The molecule has 0 unspecified atom stereocenters. The Morgan fingerprint density at radius 2 is 1.91 bits per heavy atom. The molecule has 0 atom stereocenters. The molecule has 0 spiro atoms. The normalized spacial score (nSPS) is 12.2. The van der Waals surface area contributed by atoms with Crippen LogP contribution in [-0.2, 0) is 22.6 Å². The Hall–Kier alpha value is -2.72. The van der Waals surface area contributed by atoms with Gasteiger partial charge >= 0.3 is 6.18 Å². The highest BCUT2D eigenvalue weighted by Gasteiger charge is 2.31. The van der Waals surface area contributed by atoms with E-state index in [-0.39, 0.29) is 24.2 Å². The lowest BCUT2D eigenvalue weighted by Crippen LogP contribution is -2.30. The Morgan fingerprint density at radius 3 is 2.53 bits per heavy atom. The van der Waals surface area contributed by atoms with Gasteiger partial charge in [0.25, 0.3) is 5.91 Å². The van der Waals surface area contributed by atoms with Gasteiger partial charge < -0.3 is 9.72 Å². The average molecular weight is 489 g/mol. The maximum absolute atomic E-state index is 13.1. The third-order valence-corrected chi connectivity index (χ3v) is 5.69. The van der Waals surface area contributed by atoms with Crippen molar-refractivity contribution >= 4 is 38.4 Å². The van der Waals surface area contributed by atoms with Crippen LogP contribution >= 0.6 is 11.6 Å². The molecule has 3 aromatic rings. The van der Waals surface area contributed by atoms with Crippen LogP contribution in [0.25, 0.3) is 10.9 Å². The molecule has 0 bridgehead atoms. The van der Waals surface area contributed by atoms with Crippen LogP contribution in [0.5, 0.6) is 5.75 Å². The molecular formula is C21H20ClF3N2O4S. The summed E-state index contributed by atoms with van der Waals surface area (Å²) in [5.74, 6) is -0.336. The molecule has 172 valence electrons. The van der Waals surface area contributed by atoms with Crippen LogP contribution < -0.4 is 9.46 Å². The summed E-state index contributed by atoms with van der Waals surface area (Å²) in [7, 11) is -3.86. The number of halogens is 4. The molecule has 0 aliphatic rings. The first-order valence-electron chi connectivity index (χ1n) is 9.48. The lowest BCUT2D eigenvalue weighted by atomic mass is 10.0. The zero-order valence-corrected chi connectivity index (χ0v) is 18.7. The number of alkyl halides is 3. The van der Waals surface area contributed by atoms with Crippen molar-refractivity contribution in [3.63, 3.8) is 0 Å². The van der Waals surface area contributed by atoms with Crippen molar-refractivity contribution in [2.45, 2.75) is 25.9 Å². The molecule has 0 saturated carbocycles. The standard InChI is InChI=1S/C21H20ClF3N2O4S/c1-12-10-14(6-8-17(12)22)31-9-3-4-16-15-7-5-13(21(23,24)25)11-18(15)26-19(16)20(28)27-32(2,29)30/h5-8,10-11,26H,3-4,9H2,1-2H3,(H,27,28). The summed E-state index contributed by atoms with van der Waals surface area (Å²) in [5, 5.41) is 1.01. The highest BCUT2D eigenvalue weighted by atomic mass is 35.5. The van der Waals surface area contributed by atoms with Gasteiger partial charge in [-0.1, -0.05) is 17.7 Å². The zero-order chi connectivity index (χ0) is 23.7. The van der Waals surface area contributed by atoms with Crippen molar-refractivity contribution < 1.29 is 31.1 Å². The number of hydrogen-bond acceptors (Lipinski definition) is 4. The van der Waals surface area contributed by atoms with E-state index in [1.807, 2.05) is 11.6 Å². The van der Waals surface area contributed by atoms with E-state index in [0.29, 0.717) is 28.1 Å². The first-order valence-corrected chi connectivity index (χ1v) is 11.7. The largest absolute Gasteiger partial charge is 0.494 e. The predicted octanol–water partition coefficient (Wildman–Crippen LogP) is 4.85. The van der Waals surface area contributed by atoms with Gasteiger partial charge in [-0.15, -0.1) is 0 Å². The molecule has 2 aromatic carbocycles. The van der Waals surface area contributed by atoms with E-state index in [1.54, 1.807) is 18.2 Å². The molecule has 0 aliphatic carbocycles. The van der Waals surface area contributed by atoms with Crippen molar-refractivity contribution in [2.24, 2.45) is 0 Å². The molecule has 32 heavy (non-hydrogen) atoms. The fraction of sp³-hybridized carbons (Fsp3) is 0.286. The van der Waals surface area contributed by atoms with Crippen LogP contribution in [0.2, 0.25) is 5.02 Å². The highest BCUT2D eigenvalue weighted by Crippen LogP contribution is 2.33. The summed E-state index contributed by atoms with van der Waals surface area (Å²) >= 11 is 5.99. The summed E-state index contributed by atoms with van der Waals surface area (Å²) < 4.78 is 69.7. The molecule has 1 amide bonds. The number of hydrogen-bond donors (Lipinski definition) is 2. The van der Waals surface area contributed by atoms with Gasteiger partial charge in [-0.2, -0.15) is 13.2 Å². The Kier molecular flexibility index (Phi) is 6.75. The van der Waals surface area contributed by atoms with Crippen molar-refractivity contribution in [3.05, 3.63) is 63.8 Å². The summed E-state index contributed by atoms with van der Waals surface area (Å²) in [6.45, 7) is 2.10. The fourth-order valence-electron chi connectivity index (χ4n) is 3.25. The van der Waals surface area contributed by atoms with Crippen molar-refractivity contribution in [1.29, 1.82) is 0 Å². The Bertz CT molecular complexity index is 1270. The predicted molar refractivity (Wildman–Crippen MR) is 116 cm³/mol. The van der Waals surface area contributed by atoms with Crippen LogP contribution in [0.4, 0.5) is 13.2 Å². The Labute approximate surface area is 187 Å². The smallest absolute Gasteiger partial charge is 0.416 e. The number of sulfonamides is 1. The van der Waals surface area contributed by atoms with E-state index in [4.69, 9.17) is 16.3 Å². The number of aromatic amines is 1. The van der Waals surface area contributed by atoms with E-state index in [9.17, 15) is 26.4 Å². The second-order valence-corrected chi connectivity index (χ2v) is 9.46. The maximum Gasteiger partial charge on any atom is 0.416 e. The molecule has 6 nitrogen and oxygen atoms in total. The molecule has 3 rings (SSSR count). The van der Waals surface area contributed by atoms with Crippen LogP contribution in [0.15, 0.2) is 36.4 Å². The Balaban J connectivity index is 1.85. The number of benzene rings is 2. The summed E-state index contributed by atoms with van der Waals surface area (Å²) in [5.41, 5.74) is 0.357. The second-order valence-electron chi connectivity index (χ2n) is 7.30. The minimum atomic E-state index is -4.56. The Morgan fingerprint density at radius 1 is 1.19 bits per heavy atom. The van der Waals surface area contributed by atoms with Gasteiger partial charge in [0.05, 0.1) is 18.4 Å². The molecule has 0 radical (unpaired) electrons. The van der Waals surface area contributed by atoms with Crippen LogP contribution in [0, 0.1) is 6.92 Å². The van der Waals surface area contributed by atoms with E-state index in [2.05, 4.69) is 4.98 Å². The number of H-pyrrole nitrogens is 1. The van der Waals surface area contributed by atoms with Gasteiger partial charge in [0, 0.05) is 15.9 Å². The van der Waals surface area contributed by atoms with Crippen LogP contribution in [0.1, 0.15) is 33.6 Å². The number of fused-ring (bicyclic) bond motifs is 1. The minimum absolute atomic E-state index is 0.0859. The zero-order valence-electron chi connectivity index (χ0n) is 17.1. The van der Waals surface area contributed by atoms with E-state index >= 15 is 0 Å². The molecule has 0 saturated heterocycles. The minimum Gasteiger partial charge on any atom is -0.494 e. The summed E-state index contributed by atoms with van der Waals surface area (Å²) in [6, 6.07) is 8.28. The third-order valence-electron chi connectivity index (χ3n) is 4.71. The first kappa shape index (κ1) is 23.9. The SMILES string of the molecule is Cc1cc(OCCCc2c(C(=O)NS(C)(=O)=O)[nH]c3cc(C(F)(F)F)ccc23)ccc1Cl. The van der Waals surface area contributed by atoms with Gasteiger partial charge in [-0.3, -0.25) is 4.79 Å². The van der Waals surface area contributed by atoms with Crippen molar-refractivity contribution in [3.8, 4) is 5.75 Å². The number of carbonyl (C=O) groups is 1. The van der Waals surface area contributed by atoms with Crippen LogP contribution in [-0.4, -0.2) is 32.2 Å². The van der Waals surface area contributed by atoms with Gasteiger partial charge in [0.2, 0.25) is 10.0 Å². The van der Waals surface area contributed by atoms with Gasteiger partial charge in [0.15, 0.2) is 0 Å². The topological polar surface area (TPSA) is 88.3 Å². The number of aromatic nitrogens is 1. The van der Waals surface area contributed by atoms with Crippen molar-refractivity contribution in [2.75, 3.05) is 12.9 Å². The van der Waals surface area contributed by atoms with Crippen molar-refractivity contribution in [1.82, 2.24) is 9.71 Å². The number of ether oxygens (including phenoxy) is 1. The van der Waals surface area contributed by atoms with Gasteiger partial charge in [-0.25, -0.2) is 13.1 Å². The molecule has 0 aliphatic heterocycles. The second kappa shape index (κ2) is 9.03. The highest BCUT2D eigenvalue weighted by molar-refractivity contribution is 7.89. The van der Waals surface area contributed by atoms with E-state index in [0.717, 1.165) is 24.0 Å². The molecule has 2 N–H and O–H groups in total. The summed E-state index contributed by atoms with van der Waals surface area (Å²) in [4.78, 5) is 15.1. The quantitative estimate of drug-likeness (QED) is 0.465. The third kappa shape index (κ3) is 5.74. The van der Waals surface area contributed by atoms with Gasteiger partial charge in [0.1, 0.15) is 11.4 Å². The lowest BCUT2D eigenvalue weighted by molar-refractivity contribution is -0.137. The van der Waals surface area contributed by atoms with Gasteiger partial charge in [-0.05, 0) is 61.2 Å². The number of nitrogens with one attached hydrogen (secondary N) is 2. The number of amides is 1. The summed E-state index contributed by atoms with van der Waals surface area (Å²) in [6.07, 6.45) is -3.05. The van der Waals surface area contributed by atoms with Crippen LogP contribution in [0.3, 0.4) is 0 Å². The fourth-order valence-corrected chi connectivity index (χ4v) is 3.81. The molecular weight excluding hydrogens is 469 g/mol. The monoisotopic (exact) mass is 488 g/mol. The van der Waals surface area contributed by atoms with E-state index in [1.165, 1.54) is 6.07 Å². The number of aryl methyl sites for hydroxylation is 2. The first-order chi connectivity index (χ1) is 14.8. The molecule has 1 heterocycles. The molecule has 0 fully saturated rings. The lowest BCUT2D eigenvalue weighted by Gasteiger charge is -2.09. The number of carbonyl (C=O) groups excluding carboxylic acids is 1. The maximum atomic E-state index is 13.1. The molecule has 11 heteroatoms. The average Bonchev–Trinajstić information content (AvgIpc) is 3.04. The van der Waals surface area contributed by atoms with E-state index < -0.39 is 27.7 Å².